The minimum absolute atomic E-state index is 0.191. The molecule has 0 fully saturated rings. The molecular formula is C15H15Cl2NO3S. The number of nitrogens with zero attached hydrogens (tertiary/aromatic N) is 1. The first-order valence-corrected chi connectivity index (χ1v) is 8.60. The Labute approximate surface area is 140 Å². The fourth-order valence-electron chi connectivity index (χ4n) is 1.76. The predicted octanol–water partition coefficient (Wildman–Crippen LogP) is 3.82. The van der Waals surface area contributed by atoms with Gasteiger partial charge in [0.1, 0.15) is 17.4 Å². The Balaban J connectivity index is 2.20. The molecule has 2 aromatic carbocycles. The van der Waals surface area contributed by atoms with Crippen LogP contribution in [-0.2, 0) is 16.6 Å². The second kappa shape index (κ2) is 6.87. The highest BCUT2D eigenvalue weighted by molar-refractivity contribution is 7.89. The minimum atomic E-state index is -3.47. The summed E-state index contributed by atoms with van der Waals surface area (Å²) in [5.74, 6) is 0.454. The largest absolute Gasteiger partial charge is 0.487 e. The number of rotatable bonds is 5. The van der Waals surface area contributed by atoms with Crippen LogP contribution < -0.4 is 4.74 Å². The van der Waals surface area contributed by atoms with E-state index in [-0.39, 0.29) is 11.5 Å². The topological polar surface area (TPSA) is 46.6 Å². The summed E-state index contributed by atoms with van der Waals surface area (Å²) in [5.41, 5.74) is 0.721. The van der Waals surface area contributed by atoms with Crippen LogP contribution in [0.15, 0.2) is 47.4 Å². The Morgan fingerprint density at radius 2 is 1.77 bits per heavy atom. The van der Waals surface area contributed by atoms with Gasteiger partial charge in [0.2, 0.25) is 10.0 Å². The van der Waals surface area contributed by atoms with E-state index in [4.69, 9.17) is 27.9 Å². The molecule has 0 aliphatic heterocycles. The first-order chi connectivity index (χ1) is 10.3. The first kappa shape index (κ1) is 17.1. The highest BCUT2D eigenvalue weighted by Crippen LogP contribution is 2.32. The van der Waals surface area contributed by atoms with E-state index >= 15 is 0 Å². The summed E-state index contributed by atoms with van der Waals surface area (Å²) in [6.07, 6.45) is 0. The van der Waals surface area contributed by atoms with Gasteiger partial charge in [-0.25, -0.2) is 12.7 Å². The van der Waals surface area contributed by atoms with E-state index in [9.17, 15) is 8.42 Å². The summed E-state index contributed by atoms with van der Waals surface area (Å²) in [7, 11) is -0.486. The van der Waals surface area contributed by atoms with Crippen molar-refractivity contribution in [3.63, 3.8) is 0 Å². The molecule has 0 amide bonds. The quantitative estimate of drug-likeness (QED) is 0.814. The first-order valence-electron chi connectivity index (χ1n) is 6.40. The lowest BCUT2D eigenvalue weighted by Gasteiger charge is -2.13. The standard InChI is InChI=1S/C15H15Cl2NO3S/c1-18(2)22(19,20)12-6-3-5-11(9-12)10-21-14-8-4-7-13(16)15(14)17/h3-9H,10H2,1-2H3. The molecule has 0 radical (unpaired) electrons. The van der Waals surface area contributed by atoms with Crippen LogP contribution in [0.1, 0.15) is 5.56 Å². The van der Waals surface area contributed by atoms with Crippen molar-refractivity contribution in [1.29, 1.82) is 0 Å². The lowest BCUT2D eigenvalue weighted by atomic mass is 10.2. The summed E-state index contributed by atoms with van der Waals surface area (Å²) < 4.78 is 31.0. The van der Waals surface area contributed by atoms with E-state index in [1.165, 1.54) is 18.4 Å². The van der Waals surface area contributed by atoms with Gasteiger partial charge in [-0.1, -0.05) is 41.4 Å². The normalized spacial score (nSPS) is 11.7. The van der Waals surface area contributed by atoms with Crippen molar-refractivity contribution in [2.75, 3.05) is 14.1 Å². The van der Waals surface area contributed by atoms with Crippen LogP contribution in [-0.4, -0.2) is 26.8 Å². The Morgan fingerprint density at radius 3 is 2.45 bits per heavy atom. The monoisotopic (exact) mass is 359 g/mol. The van der Waals surface area contributed by atoms with Gasteiger partial charge in [0.05, 0.1) is 9.92 Å². The Hall–Kier alpha value is -1.27. The van der Waals surface area contributed by atoms with Crippen LogP contribution >= 0.6 is 23.2 Å². The maximum absolute atomic E-state index is 12.1. The lowest BCUT2D eigenvalue weighted by Crippen LogP contribution is -2.22. The number of sulfonamides is 1. The number of halogens is 2. The Morgan fingerprint density at radius 1 is 1.09 bits per heavy atom. The van der Waals surface area contributed by atoms with Crippen LogP contribution in [0.3, 0.4) is 0 Å². The highest BCUT2D eigenvalue weighted by Gasteiger charge is 2.17. The van der Waals surface area contributed by atoms with Crippen LogP contribution in [0.25, 0.3) is 0 Å². The van der Waals surface area contributed by atoms with E-state index < -0.39 is 10.0 Å². The van der Waals surface area contributed by atoms with Gasteiger partial charge in [-0.2, -0.15) is 0 Å². The SMILES string of the molecule is CN(C)S(=O)(=O)c1cccc(COc2cccc(Cl)c2Cl)c1. The average Bonchev–Trinajstić information content (AvgIpc) is 2.49. The summed E-state index contributed by atoms with van der Waals surface area (Å²) >= 11 is 12.0. The van der Waals surface area contributed by atoms with Crippen LogP contribution in [0, 0.1) is 0 Å². The molecule has 0 bridgehead atoms. The molecular weight excluding hydrogens is 345 g/mol. The molecule has 4 nitrogen and oxygen atoms in total. The number of hydrogen-bond donors (Lipinski definition) is 0. The van der Waals surface area contributed by atoms with E-state index in [0.29, 0.717) is 15.8 Å². The highest BCUT2D eigenvalue weighted by atomic mass is 35.5. The third-order valence-corrected chi connectivity index (χ3v) is 5.60. The fraction of sp³-hybridized carbons (Fsp3) is 0.200. The zero-order valence-electron chi connectivity index (χ0n) is 12.1. The molecule has 0 saturated carbocycles. The van der Waals surface area contributed by atoms with Crippen molar-refractivity contribution in [3.05, 3.63) is 58.1 Å². The molecule has 0 aliphatic carbocycles. The molecule has 0 spiro atoms. The molecule has 0 atom stereocenters. The second-order valence-electron chi connectivity index (χ2n) is 4.78. The van der Waals surface area contributed by atoms with E-state index in [1.807, 2.05) is 0 Å². The van der Waals surface area contributed by atoms with Gasteiger partial charge in [-0.15, -0.1) is 0 Å². The van der Waals surface area contributed by atoms with Crippen LogP contribution in [0.2, 0.25) is 10.0 Å². The van der Waals surface area contributed by atoms with E-state index in [0.717, 1.165) is 5.56 Å². The van der Waals surface area contributed by atoms with Gasteiger partial charge in [-0.3, -0.25) is 0 Å². The summed E-state index contributed by atoms with van der Waals surface area (Å²) in [6, 6.07) is 11.7. The van der Waals surface area contributed by atoms with Crippen molar-refractivity contribution in [1.82, 2.24) is 4.31 Å². The summed E-state index contributed by atoms with van der Waals surface area (Å²) in [5, 5.41) is 0.740. The lowest BCUT2D eigenvalue weighted by molar-refractivity contribution is 0.306. The zero-order valence-corrected chi connectivity index (χ0v) is 14.4. The van der Waals surface area contributed by atoms with Crippen LogP contribution in [0.5, 0.6) is 5.75 Å². The molecule has 2 rings (SSSR count). The maximum atomic E-state index is 12.1. The van der Waals surface area contributed by atoms with Crippen molar-refractivity contribution in [3.8, 4) is 5.75 Å². The van der Waals surface area contributed by atoms with Gasteiger partial charge < -0.3 is 4.74 Å². The third kappa shape index (κ3) is 3.73. The Bertz CT molecular complexity index is 776. The second-order valence-corrected chi connectivity index (χ2v) is 7.71. The molecule has 0 heterocycles. The molecule has 0 unspecified atom stereocenters. The van der Waals surface area contributed by atoms with Crippen molar-refractivity contribution < 1.29 is 13.2 Å². The molecule has 0 aliphatic rings. The molecule has 0 N–H and O–H groups in total. The average molecular weight is 360 g/mol. The molecule has 2 aromatic rings. The van der Waals surface area contributed by atoms with Gasteiger partial charge in [-0.05, 0) is 29.8 Å². The fourth-order valence-corrected chi connectivity index (χ4v) is 3.08. The molecule has 118 valence electrons. The van der Waals surface area contributed by atoms with Gasteiger partial charge in [0.25, 0.3) is 0 Å². The third-order valence-electron chi connectivity index (χ3n) is 2.99. The molecule has 0 saturated heterocycles. The zero-order chi connectivity index (χ0) is 16.3. The van der Waals surface area contributed by atoms with Crippen LogP contribution in [0.4, 0.5) is 0 Å². The van der Waals surface area contributed by atoms with Crippen molar-refractivity contribution in [2.24, 2.45) is 0 Å². The van der Waals surface area contributed by atoms with E-state index in [1.54, 1.807) is 42.5 Å². The van der Waals surface area contributed by atoms with Gasteiger partial charge in [0.15, 0.2) is 0 Å². The van der Waals surface area contributed by atoms with Gasteiger partial charge in [0, 0.05) is 14.1 Å². The summed E-state index contributed by atoms with van der Waals surface area (Å²) in [4.78, 5) is 0.218. The van der Waals surface area contributed by atoms with Crippen molar-refractivity contribution >= 4 is 33.2 Å². The Kier molecular flexibility index (Phi) is 5.34. The minimum Gasteiger partial charge on any atom is -0.487 e. The number of benzene rings is 2. The summed E-state index contributed by atoms with van der Waals surface area (Å²) in [6.45, 7) is 0.191. The van der Waals surface area contributed by atoms with E-state index in [2.05, 4.69) is 0 Å². The smallest absolute Gasteiger partial charge is 0.242 e. The number of hydrogen-bond acceptors (Lipinski definition) is 3. The molecule has 22 heavy (non-hydrogen) atoms. The number of ether oxygens (including phenoxy) is 1. The predicted molar refractivity (Wildman–Crippen MR) is 88.1 cm³/mol. The van der Waals surface area contributed by atoms with Gasteiger partial charge >= 0.3 is 0 Å². The maximum Gasteiger partial charge on any atom is 0.242 e. The molecule has 0 aromatic heterocycles. The van der Waals surface area contributed by atoms with Crippen molar-refractivity contribution in [2.45, 2.75) is 11.5 Å². The molecule has 7 heteroatoms.